The first-order chi connectivity index (χ1) is 8.04. The lowest BCUT2D eigenvalue weighted by atomic mass is 10.1. The highest BCUT2D eigenvalue weighted by Gasteiger charge is 2.35. The highest BCUT2D eigenvalue weighted by atomic mass is 32.2. The number of nitrogens with one attached hydrogen (secondary N) is 1. The van der Waals surface area contributed by atoms with Crippen molar-refractivity contribution >= 4 is 9.84 Å². The van der Waals surface area contributed by atoms with Gasteiger partial charge in [0.05, 0.1) is 10.5 Å². The number of rotatable bonds is 6. The van der Waals surface area contributed by atoms with E-state index in [0.29, 0.717) is 26.1 Å². The average Bonchev–Trinajstić information content (AvgIpc) is 2.36. The van der Waals surface area contributed by atoms with Crippen molar-refractivity contribution in [1.82, 2.24) is 5.32 Å². The molecule has 1 saturated heterocycles. The standard InChI is InChI=1S/C12H25NO3S/c1-4-12(13-5-2)10(3)17(14,15)11-6-8-16-9-7-11/h10-13H,4-9H2,1-3H3. The lowest BCUT2D eigenvalue weighted by Gasteiger charge is -2.29. The molecule has 0 saturated carbocycles. The van der Waals surface area contributed by atoms with E-state index in [9.17, 15) is 8.42 Å². The topological polar surface area (TPSA) is 55.4 Å². The van der Waals surface area contributed by atoms with E-state index in [1.54, 1.807) is 0 Å². The van der Waals surface area contributed by atoms with Crippen LogP contribution in [0.15, 0.2) is 0 Å². The summed E-state index contributed by atoms with van der Waals surface area (Å²) in [7, 11) is -3.04. The van der Waals surface area contributed by atoms with Gasteiger partial charge >= 0.3 is 0 Å². The summed E-state index contributed by atoms with van der Waals surface area (Å²) in [6.07, 6.45) is 2.14. The van der Waals surface area contributed by atoms with Crippen LogP contribution in [0.25, 0.3) is 0 Å². The Labute approximate surface area is 105 Å². The summed E-state index contributed by atoms with van der Waals surface area (Å²) in [5, 5.41) is 2.75. The van der Waals surface area contributed by atoms with Crippen molar-refractivity contribution in [2.24, 2.45) is 0 Å². The molecule has 2 atom stereocenters. The third kappa shape index (κ3) is 3.66. The Balaban J connectivity index is 2.73. The fraction of sp³-hybridized carbons (Fsp3) is 1.00. The summed E-state index contributed by atoms with van der Waals surface area (Å²) in [6.45, 7) is 7.84. The van der Waals surface area contributed by atoms with Crippen molar-refractivity contribution in [2.45, 2.75) is 56.6 Å². The van der Waals surface area contributed by atoms with Gasteiger partial charge in [-0.2, -0.15) is 0 Å². The van der Waals surface area contributed by atoms with E-state index in [-0.39, 0.29) is 16.5 Å². The van der Waals surface area contributed by atoms with Gasteiger partial charge in [-0.1, -0.05) is 13.8 Å². The van der Waals surface area contributed by atoms with E-state index in [1.165, 1.54) is 0 Å². The Morgan fingerprint density at radius 3 is 2.35 bits per heavy atom. The molecule has 1 aliphatic rings. The quantitative estimate of drug-likeness (QED) is 0.786. The monoisotopic (exact) mass is 263 g/mol. The second-order valence-electron chi connectivity index (χ2n) is 4.68. The van der Waals surface area contributed by atoms with E-state index in [0.717, 1.165) is 13.0 Å². The van der Waals surface area contributed by atoms with Crippen LogP contribution in [0.4, 0.5) is 0 Å². The summed E-state index contributed by atoms with van der Waals surface area (Å²) < 4.78 is 30.2. The maximum atomic E-state index is 12.5. The lowest BCUT2D eigenvalue weighted by molar-refractivity contribution is 0.0981. The first-order valence-corrected chi connectivity index (χ1v) is 8.18. The van der Waals surface area contributed by atoms with Gasteiger partial charge in [-0.05, 0) is 32.7 Å². The summed E-state index contributed by atoms with van der Waals surface area (Å²) in [6, 6.07) is 0.0628. The first kappa shape index (κ1) is 14.9. The molecule has 0 bridgehead atoms. The van der Waals surface area contributed by atoms with Crippen LogP contribution in [-0.4, -0.2) is 44.7 Å². The summed E-state index contributed by atoms with van der Waals surface area (Å²) in [5.41, 5.74) is 0. The van der Waals surface area contributed by atoms with Crippen LogP contribution in [0.3, 0.4) is 0 Å². The minimum atomic E-state index is -3.04. The molecular formula is C12H25NO3S. The molecule has 102 valence electrons. The Morgan fingerprint density at radius 2 is 1.88 bits per heavy atom. The maximum absolute atomic E-state index is 12.5. The van der Waals surface area contributed by atoms with E-state index in [2.05, 4.69) is 5.32 Å². The second kappa shape index (κ2) is 6.71. The molecule has 0 aromatic heterocycles. The summed E-state index contributed by atoms with van der Waals surface area (Å²) in [4.78, 5) is 0. The van der Waals surface area contributed by atoms with Crippen molar-refractivity contribution in [1.29, 1.82) is 0 Å². The van der Waals surface area contributed by atoms with Gasteiger partial charge in [0.2, 0.25) is 0 Å². The minimum Gasteiger partial charge on any atom is -0.381 e. The lowest BCUT2D eigenvalue weighted by Crippen LogP contribution is -2.46. The fourth-order valence-electron chi connectivity index (χ4n) is 2.44. The molecule has 1 fully saturated rings. The molecule has 1 heterocycles. The van der Waals surface area contributed by atoms with Crippen LogP contribution in [0.2, 0.25) is 0 Å². The minimum absolute atomic E-state index is 0.0628. The van der Waals surface area contributed by atoms with Crippen molar-refractivity contribution in [3.05, 3.63) is 0 Å². The average molecular weight is 263 g/mol. The molecule has 0 aromatic rings. The molecule has 0 aromatic carbocycles. The molecule has 2 unspecified atom stereocenters. The van der Waals surface area contributed by atoms with Gasteiger partial charge in [0.25, 0.3) is 0 Å². The third-order valence-electron chi connectivity index (χ3n) is 3.62. The molecule has 1 N–H and O–H groups in total. The van der Waals surface area contributed by atoms with Crippen LogP contribution >= 0.6 is 0 Å². The number of sulfone groups is 1. The van der Waals surface area contributed by atoms with Crippen molar-refractivity contribution in [2.75, 3.05) is 19.8 Å². The van der Waals surface area contributed by atoms with Crippen LogP contribution in [0, 0.1) is 0 Å². The molecule has 1 rings (SSSR count). The molecule has 17 heavy (non-hydrogen) atoms. The van der Waals surface area contributed by atoms with Gasteiger partial charge in [-0.3, -0.25) is 0 Å². The van der Waals surface area contributed by atoms with Crippen molar-refractivity contribution < 1.29 is 13.2 Å². The van der Waals surface area contributed by atoms with Gasteiger partial charge < -0.3 is 10.1 Å². The molecule has 0 radical (unpaired) electrons. The summed E-state index contributed by atoms with van der Waals surface area (Å²) >= 11 is 0. The number of hydrogen-bond acceptors (Lipinski definition) is 4. The predicted octanol–water partition coefficient (Wildman–Crippen LogP) is 1.36. The highest BCUT2D eigenvalue weighted by molar-refractivity contribution is 7.92. The first-order valence-electron chi connectivity index (χ1n) is 6.57. The number of ether oxygens (including phenoxy) is 1. The molecule has 1 aliphatic heterocycles. The Morgan fingerprint density at radius 1 is 1.29 bits per heavy atom. The van der Waals surface area contributed by atoms with E-state index in [4.69, 9.17) is 4.74 Å². The van der Waals surface area contributed by atoms with E-state index >= 15 is 0 Å². The predicted molar refractivity (Wildman–Crippen MR) is 70.0 cm³/mol. The normalized spacial score (nSPS) is 22.3. The molecule has 0 amide bonds. The smallest absolute Gasteiger partial charge is 0.157 e. The third-order valence-corrected chi connectivity index (χ3v) is 6.39. The van der Waals surface area contributed by atoms with Crippen LogP contribution < -0.4 is 5.32 Å². The van der Waals surface area contributed by atoms with Gasteiger partial charge in [-0.15, -0.1) is 0 Å². The largest absolute Gasteiger partial charge is 0.381 e. The second-order valence-corrected chi connectivity index (χ2v) is 7.27. The van der Waals surface area contributed by atoms with Gasteiger partial charge in [0, 0.05) is 19.3 Å². The zero-order valence-electron chi connectivity index (χ0n) is 11.1. The van der Waals surface area contributed by atoms with Gasteiger partial charge in [0.15, 0.2) is 9.84 Å². The van der Waals surface area contributed by atoms with E-state index < -0.39 is 9.84 Å². The van der Waals surface area contributed by atoms with E-state index in [1.807, 2.05) is 20.8 Å². The fourth-order valence-corrected chi connectivity index (χ4v) is 4.64. The SMILES string of the molecule is CCNC(CC)C(C)S(=O)(=O)C1CCOCC1. The Kier molecular flexibility index (Phi) is 5.89. The maximum Gasteiger partial charge on any atom is 0.157 e. The van der Waals surface area contributed by atoms with Crippen molar-refractivity contribution in [3.8, 4) is 0 Å². The van der Waals surface area contributed by atoms with Gasteiger partial charge in [0.1, 0.15) is 0 Å². The summed E-state index contributed by atoms with van der Waals surface area (Å²) in [5.74, 6) is 0. The van der Waals surface area contributed by atoms with Crippen LogP contribution in [-0.2, 0) is 14.6 Å². The molecule has 0 aliphatic carbocycles. The highest BCUT2D eigenvalue weighted by Crippen LogP contribution is 2.22. The zero-order chi connectivity index (χ0) is 12.9. The molecule has 4 nitrogen and oxygen atoms in total. The Bertz CT molecular complexity index is 310. The molecular weight excluding hydrogens is 238 g/mol. The Hall–Kier alpha value is -0.130. The molecule has 5 heteroatoms. The molecule has 0 spiro atoms. The number of hydrogen-bond donors (Lipinski definition) is 1. The zero-order valence-corrected chi connectivity index (χ0v) is 11.9. The van der Waals surface area contributed by atoms with Crippen LogP contribution in [0.5, 0.6) is 0 Å². The van der Waals surface area contributed by atoms with Crippen molar-refractivity contribution in [3.63, 3.8) is 0 Å². The van der Waals surface area contributed by atoms with Crippen LogP contribution in [0.1, 0.15) is 40.0 Å². The van der Waals surface area contributed by atoms with Gasteiger partial charge in [-0.25, -0.2) is 8.42 Å².